The highest BCUT2D eigenvalue weighted by molar-refractivity contribution is 5.72. The Labute approximate surface area is 149 Å². The van der Waals surface area contributed by atoms with Crippen molar-refractivity contribution in [1.82, 2.24) is 0 Å². The molecule has 24 heavy (non-hydrogen) atoms. The van der Waals surface area contributed by atoms with Crippen LogP contribution >= 0.6 is 0 Å². The number of carboxylic acid groups (broad SMARTS) is 1. The van der Waals surface area contributed by atoms with Crippen LogP contribution in [0.3, 0.4) is 0 Å². The lowest BCUT2D eigenvalue weighted by Gasteiger charge is -2.07. The van der Waals surface area contributed by atoms with Crippen molar-refractivity contribution >= 4 is 5.97 Å². The molecule has 0 amide bonds. The van der Waals surface area contributed by atoms with Crippen LogP contribution in [0.4, 0.5) is 0 Å². The van der Waals surface area contributed by atoms with Crippen LogP contribution < -0.4 is 0 Å². The van der Waals surface area contributed by atoms with Crippen LogP contribution in [0.2, 0.25) is 0 Å². The number of hydrogen-bond acceptors (Lipinski definition) is 2. The lowest BCUT2D eigenvalue weighted by Crippen LogP contribution is -2.21. The lowest BCUT2D eigenvalue weighted by molar-refractivity contribution is -0.148. The summed E-state index contributed by atoms with van der Waals surface area (Å²) >= 11 is 0. The fourth-order valence-electron chi connectivity index (χ4n) is 2.65. The number of allylic oxidation sites excluding steroid dienone is 4. The molecule has 3 nitrogen and oxygen atoms in total. The Balaban J connectivity index is 3.34. The smallest absolute Gasteiger partial charge is 0.332 e. The van der Waals surface area contributed by atoms with Gasteiger partial charge in [0.25, 0.3) is 0 Å². The second-order valence-corrected chi connectivity index (χ2v) is 6.42. The van der Waals surface area contributed by atoms with E-state index in [2.05, 4.69) is 31.2 Å². The quantitative estimate of drug-likeness (QED) is 0.250. The zero-order valence-corrected chi connectivity index (χ0v) is 15.8. The number of carboxylic acids is 1. The predicted octanol–water partition coefficient (Wildman–Crippen LogP) is 6.29. The highest BCUT2D eigenvalue weighted by Crippen LogP contribution is 2.10. The third-order valence-corrected chi connectivity index (χ3v) is 4.21. The Bertz CT molecular complexity index is 334. The first-order valence-electron chi connectivity index (χ1n) is 9.78. The van der Waals surface area contributed by atoms with E-state index >= 15 is 0 Å². The molecule has 1 unspecified atom stereocenters. The van der Waals surface area contributed by atoms with Crippen molar-refractivity contribution in [2.75, 3.05) is 7.11 Å². The summed E-state index contributed by atoms with van der Waals surface area (Å²) in [5.41, 5.74) is 0. The van der Waals surface area contributed by atoms with Crippen LogP contribution in [-0.2, 0) is 9.53 Å². The first kappa shape index (κ1) is 22.9. The summed E-state index contributed by atoms with van der Waals surface area (Å²) in [6, 6.07) is 0. The van der Waals surface area contributed by atoms with Gasteiger partial charge in [-0.15, -0.1) is 0 Å². The number of unbranched alkanes of at least 4 members (excludes halogenated alkanes) is 9. The van der Waals surface area contributed by atoms with E-state index in [-0.39, 0.29) is 0 Å². The number of carbonyl (C=O) groups is 1. The van der Waals surface area contributed by atoms with E-state index in [1.54, 1.807) is 0 Å². The van der Waals surface area contributed by atoms with E-state index in [0.29, 0.717) is 6.42 Å². The summed E-state index contributed by atoms with van der Waals surface area (Å²) < 4.78 is 4.89. The third kappa shape index (κ3) is 15.8. The fraction of sp³-hybridized carbons (Fsp3) is 0.762. The number of aliphatic carboxylic acids is 1. The molecule has 0 bridgehead atoms. The highest BCUT2D eigenvalue weighted by atomic mass is 16.5. The molecule has 0 aromatic heterocycles. The van der Waals surface area contributed by atoms with Crippen LogP contribution in [0, 0.1) is 0 Å². The zero-order chi connectivity index (χ0) is 17.9. The van der Waals surface area contributed by atoms with Crippen molar-refractivity contribution in [2.45, 2.75) is 96.5 Å². The maximum atomic E-state index is 10.8. The van der Waals surface area contributed by atoms with E-state index in [9.17, 15) is 4.79 Å². The molecular weight excluding hydrogens is 300 g/mol. The minimum absolute atomic E-state index is 0.538. The normalized spacial score (nSPS) is 13.1. The fourth-order valence-corrected chi connectivity index (χ4v) is 2.65. The minimum Gasteiger partial charge on any atom is -0.479 e. The van der Waals surface area contributed by atoms with Crippen LogP contribution in [0.5, 0.6) is 0 Å². The van der Waals surface area contributed by atoms with Gasteiger partial charge in [-0.3, -0.25) is 0 Å². The SMILES string of the molecule is CCCCCCCCCCC=CCCC=CCCC(OC)C(=O)O. The third-order valence-electron chi connectivity index (χ3n) is 4.21. The number of ether oxygens (including phenoxy) is 1. The highest BCUT2D eigenvalue weighted by Gasteiger charge is 2.14. The molecule has 0 heterocycles. The van der Waals surface area contributed by atoms with Crippen LogP contribution in [0.25, 0.3) is 0 Å². The van der Waals surface area contributed by atoms with Crippen molar-refractivity contribution in [3.05, 3.63) is 24.3 Å². The molecule has 1 atom stereocenters. The molecule has 0 aliphatic carbocycles. The Morgan fingerprint density at radius 2 is 1.33 bits per heavy atom. The van der Waals surface area contributed by atoms with E-state index < -0.39 is 12.1 Å². The van der Waals surface area contributed by atoms with Gasteiger partial charge in [-0.05, 0) is 38.5 Å². The lowest BCUT2D eigenvalue weighted by atomic mass is 10.1. The van der Waals surface area contributed by atoms with Crippen LogP contribution in [0.1, 0.15) is 90.4 Å². The molecule has 0 rings (SSSR count). The molecular formula is C21H38O3. The van der Waals surface area contributed by atoms with Gasteiger partial charge in [0.05, 0.1) is 0 Å². The van der Waals surface area contributed by atoms with Gasteiger partial charge in [0, 0.05) is 7.11 Å². The molecule has 0 aromatic rings. The van der Waals surface area contributed by atoms with Gasteiger partial charge in [-0.25, -0.2) is 4.79 Å². The van der Waals surface area contributed by atoms with Crippen molar-refractivity contribution in [3.63, 3.8) is 0 Å². The molecule has 1 N–H and O–H groups in total. The van der Waals surface area contributed by atoms with Crippen molar-refractivity contribution < 1.29 is 14.6 Å². The maximum Gasteiger partial charge on any atom is 0.332 e. The number of rotatable bonds is 17. The van der Waals surface area contributed by atoms with E-state index in [1.165, 1.54) is 64.9 Å². The Morgan fingerprint density at radius 3 is 1.88 bits per heavy atom. The largest absolute Gasteiger partial charge is 0.479 e. The Kier molecular flexibility index (Phi) is 17.4. The van der Waals surface area contributed by atoms with Crippen molar-refractivity contribution in [3.8, 4) is 0 Å². The van der Waals surface area contributed by atoms with Crippen molar-refractivity contribution in [2.24, 2.45) is 0 Å². The molecule has 140 valence electrons. The maximum absolute atomic E-state index is 10.8. The van der Waals surface area contributed by atoms with Gasteiger partial charge in [-0.2, -0.15) is 0 Å². The molecule has 0 aliphatic rings. The summed E-state index contributed by atoms with van der Waals surface area (Å²) in [7, 11) is 1.44. The van der Waals surface area contributed by atoms with Gasteiger partial charge in [0.15, 0.2) is 6.10 Å². The van der Waals surface area contributed by atoms with Gasteiger partial charge in [0.1, 0.15) is 0 Å². The molecule has 0 fully saturated rings. The number of hydrogen-bond donors (Lipinski definition) is 1. The molecule has 3 heteroatoms. The van der Waals surface area contributed by atoms with Gasteiger partial charge >= 0.3 is 5.97 Å². The molecule has 0 radical (unpaired) electrons. The average molecular weight is 339 g/mol. The first-order valence-corrected chi connectivity index (χ1v) is 9.78. The summed E-state index contributed by atoms with van der Waals surface area (Å²) in [5.74, 6) is -0.880. The minimum atomic E-state index is -0.880. The topological polar surface area (TPSA) is 46.5 Å². The van der Waals surface area contributed by atoms with E-state index in [4.69, 9.17) is 9.84 Å². The number of methoxy groups -OCH3 is 1. The zero-order valence-electron chi connectivity index (χ0n) is 15.8. The van der Waals surface area contributed by atoms with Crippen LogP contribution in [-0.4, -0.2) is 24.3 Å². The standard InChI is InChI=1S/C21H38O3/c1-3-4-5-6-7-8-9-10-11-12-13-14-15-16-17-18-19-20(24-2)21(22)23/h12-13,16-17,20H,3-11,14-15,18-19H2,1-2H3,(H,22,23). The van der Waals surface area contributed by atoms with E-state index in [0.717, 1.165) is 19.3 Å². The predicted molar refractivity (Wildman–Crippen MR) is 102 cm³/mol. The first-order chi connectivity index (χ1) is 11.7. The van der Waals surface area contributed by atoms with Gasteiger partial charge < -0.3 is 9.84 Å². The average Bonchev–Trinajstić information content (AvgIpc) is 2.57. The monoisotopic (exact) mass is 338 g/mol. The molecule has 0 spiro atoms. The Morgan fingerprint density at radius 1 is 0.833 bits per heavy atom. The second kappa shape index (κ2) is 18.3. The van der Waals surface area contributed by atoms with Crippen LogP contribution in [0.15, 0.2) is 24.3 Å². The molecule has 0 aromatic carbocycles. The second-order valence-electron chi connectivity index (χ2n) is 6.42. The summed E-state index contributed by atoms with van der Waals surface area (Å²) in [6.45, 7) is 2.26. The summed E-state index contributed by atoms with van der Waals surface area (Å²) in [4.78, 5) is 10.8. The summed E-state index contributed by atoms with van der Waals surface area (Å²) in [6.07, 6.45) is 23.7. The van der Waals surface area contributed by atoms with E-state index in [1.807, 2.05) is 0 Å². The molecule has 0 saturated heterocycles. The molecule has 0 aliphatic heterocycles. The Hall–Kier alpha value is -1.09. The van der Waals surface area contributed by atoms with Gasteiger partial charge in [-0.1, -0.05) is 76.2 Å². The van der Waals surface area contributed by atoms with Gasteiger partial charge in [0.2, 0.25) is 0 Å². The molecule has 0 saturated carbocycles. The summed E-state index contributed by atoms with van der Waals surface area (Å²) in [5, 5.41) is 8.84. The van der Waals surface area contributed by atoms with Crippen molar-refractivity contribution in [1.29, 1.82) is 0 Å².